The first-order valence-corrected chi connectivity index (χ1v) is 8.61. The summed E-state index contributed by atoms with van der Waals surface area (Å²) in [7, 11) is 0. The summed E-state index contributed by atoms with van der Waals surface area (Å²) in [6.07, 6.45) is 10.1. The Morgan fingerprint density at radius 3 is 2.15 bits per heavy atom. The highest BCUT2D eigenvalue weighted by Gasteiger charge is 2.53. The predicted octanol–water partition coefficient (Wildman–Crippen LogP) is 5.96. The molecule has 0 aliphatic heterocycles. The molecule has 0 spiro atoms. The van der Waals surface area contributed by atoms with Gasteiger partial charge in [-0.1, -0.05) is 70.4 Å². The number of benzene rings is 1. The summed E-state index contributed by atoms with van der Waals surface area (Å²) >= 11 is 0. The van der Waals surface area contributed by atoms with Crippen LogP contribution in [0.25, 0.3) is 0 Å². The molecule has 0 radical (unpaired) electrons. The lowest BCUT2D eigenvalue weighted by molar-refractivity contribution is 0.101. The second-order valence-electron chi connectivity index (χ2n) is 8.20. The van der Waals surface area contributed by atoms with E-state index in [2.05, 4.69) is 51.1 Å². The largest absolute Gasteiger partial charge is 0.0622 e. The third-order valence-corrected chi connectivity index (χ3v) is 6.15. The van der Waals surface area contributed by atoms with Crippen LogP contribution < -0.4 is 0 Å². The summed E-state index contributed by atoms with van der Waals surface area (Å²) in [5.41, 5.74) is 2.54. The summed E-state index contributed by atoms with van der Waals surface area (Å²) in [5.74, 6) is 1.78. The van der Waals surface area contributed by atoms with E-state index < -0.39 is 0 Å². The lowest BCUT2D eigenvalue weighted by Crippen LogP contribution is -2.43. The molecular weight excluding hydrogens is 240 g/mol. The maximum atomic E-state index is 2.47. The highest BCUT2D eigenvalue weighted by Crippen LogP contribution is 2.59. The molecule has 20 heavy (non-hydrogen) atoms. The normalized spacial score (nSPS) is 31.9. The quantitative estimate of drug-likeness (QED) is 0.622. The predicted molar refractivity (Wildman–Crippen MR) is 86.9 cm³/mol. The van der Waals surface area contributed by atoms with E-state index >= 15 is 0 Å². The molecule has 0 amide bonds. The van der Waals surface area contributed by atoms with Gasteiger partial charge in [0.2, 0.25) is 0 Å². The van der Waals surface area contributed by atoms with Crippen molar-refractivity contribution in [2.75, 3.05) is 0 Å². The van der Waals surface area contributed by atoms with Crippen molar-refractivity contribution < 1.29 is 0 Å². The van der Waals surface area contributed by atoms with Crippen LogP contribution in [0.1, 0.15) is 71.3 Å². The summed E-state index contributed by atoms with van der Waals surface area (Å²) in [5, 5.41) is 0. The summed E-state index contributed by atoms with van der Waals surface area (Å²) in [6, 6.07) is 11.5. The Balaban J connectivity index is 2.08. The molecule has 0 bridgehead atoms. The van der Waals surface area contributed by atoms with E-state index in [0.29, 0.717) is 10.8 Å². The minimum atomic E-state index is 0.426. The molecule has 0 heterocycles. The van der Waals surface area contributed by atoms with Gasteiger partial charge in [-0.3, -0.25) is 0 Å². The van der Waals surface area contributed by atoms with Gasteiger partial charge in [-0.25, -0.2) is 0 Å². The fraction of sp³-hybridized carbons (Fsp3) is 0.700. The minimum absolute atomic E-state index is 0.426. The Morgan fingerprint density at radius 2 is 1.55 bits per heavy atom. The second kappa shape index (κ2) is 5.20. The van der Waals surface area contributed by atoms with Crippen LogP contribution in [-0.2, 0) is 5.41 Å². The third-order valence-electron chi connectivity index (χ3n) is 6.15. The average molecular weight is 270 g/mol. The van der Waals surface area contributed by atoms with E-state index in [1.165, 1.54) is 44.9 Å². The zero-order valence-corrected chi connectivity index (χ0v) is 13.5. The van der Waals surface area contributed by atoms with E-state index in [-0.39, 0.29) is 0 Å². The minimum Gasteiger partial charge on any atom is -0.0622 e. The number of rotatable bonds is 2. The molecule has 110 valence electrons. The maximum absolute atomic E-state index is 2.47. The van der Waals surface area contributed by atoms with Crippen LogP contribution in [0.3, 0.4) is 0 Å². The Hall–Kier alpha value is -0.780. The molecular formula is C20H30. The topological polar surface area (TPSA) is 0 Å². The van der Waals surface area contributed by atoms with Gasteiger partial charge in [0.1, 0.15) is 0 Å². The molecule has 2 saturated carbocycles. The van der Waals surface area contributed by atoms with Crippen molar-refractivity contribution in [3.63, 3.8) is 0 Å². The fourth-order valence-corrected chi connectivity index (χ4v) is 5.50. The van der Waals surface area contributed by atoms with Crippen LogP contribution in [0.2, 0.25) is 0 Å². The smallest absolute Gasteiger partial charge is 0.00144 e. The van der Waals surface area contributed by atoms with Gasteiger partial charge in [0.25, 0.3) is 0 Å². The highest BCUT2D eigenvalue weighted by atomic mass is 14.6. The second-order valence-corrected chi connectivity index (χ2v) is 8.20. The Morgan fingerprint density at radius 1 is 0.900 bits per heavy atom. The Labute approximate surface area is 125 Å². The van der Waals surface area contributed by atoms with Crippen molar-refractivity contribution in [1.82, 2.24) is 0 Å². The zero-order chi connectivity index (χ0) is 14.2. The van der Waals surface area contributed by atoms with Crippen molar-refractivity contribution in [2.45, 2.75) is 71.1 Å². The van der Waals surface area contributed by atoms with Crippen LogP contribution in [0.5, 0.6) is 0 Å². The van der Waals surface area contributed by atoms with Gasteiger partial charge in [-0.15, -0.1) is 0 Å². The van der Waals surface area contributed by atoms with E-state index in [1.54, 1.807) is 5.56 Å². The highest BCUT2D eigenvalue weighted by molar-refractivity contribution is 5.30. The van der Waals surface area contributed by atoms with Crippen LogP contribution in [0, 0.1) is 17.3 Å². The number of hydrogen-bond acceptors (Lipinski definition) is 0. The van der Waals surface area contributed by atoms with Crippen molar-refractivity contribution in [1.29, 1.82) is 0 Å². The number of hydrogen-bond donors (Lipinski definition) is 0. The molecule has 0 N–H and O–H groups in total. The average Bonchev–Trinajstić information content (AvgIpc) is 3.09. The van der Waals surface area contributed by atoms with Gasteiger partial charge < -0.3 is 0 Å². The van der Waals surface area contributed by atoms with Crippen LogP contribution >= 0.6 is 0 Å². The molecule has 1 aromatic rings. The zero-order valence-electron chi connectivity index (χ0n) is 13.5. The van der Waals surface area contributed by atoms with Crippen LogP contribution in [0.4, 0.5) is 0 Å². The third kappa shape index (κ3) is 2.22. The van der Waals surface area contributed by atoms with E-state index in [0.717, 1.165) is 11.8 Å². The van der Waals surface area contributed by atoms with Crippen molar-refractivity contribution >= 4 is 0 Å². The van der Waals surface area contributed by atoms with Crippen LogP contribution in [0.15, 0.2) is 30.3 Å². The molecule has 2 aliphatic carbocycles. The lowest BCUT2D eigenvalue weighted by Gasteiger charge is -2.47. The van der Waals surface area contributed by atoms with Gasteiger partial charge in [0, 0.05) is 5.41 Å². The SMILES string of the molecule is CC(C)(C)C1CCCC1(c1ccccc1)C1CCCC1. The van der Waals surface area contributed by atoms with Gasteiger partial charge in [-0.2, -0.15) is 0 Å². The van der Waals surface area contributed by atoms with E-state index in [9.17, 15) is 0 Å². The molecule has 3 rings (SSSR count). The van der Waals surface area contributed by atoms with Gasteiger partial charge >= 0.3 is 0 Å². The Kier molecular flexibility index (Phi) is 3.69. The van der Waals surface area contributed by atoms with E-state index in [1.807, 2.05) is 0 Å². The molecule has 1 aromatic carbocycles. The van der Waals surface area contributed by atoms with Crippen molar-refractivity contribution in [3.8, 4) is 0 Å². The van der Waals surface area contributed by atoms with Crippen LogP contribution in [-0.4, -0.2) is 0 Å². The summed E-state index contributed by atoms with van der Waals surface area (Å²) < 4.78 is 0. The standard InChI is InChI=1S/C20H30/c1-19(2,3)18-14-9-15-20(18,17-12-7-8-13-17)16-10-5-4-6-11-16/h4-6,10-11,17-18H,7-9,12-15H2,1-3H3. The molecule has 0 nitrogen and oxygen atoms in total. The van der Waals surface area contributed by atoms with Gasteiger partial charge in [-0.05, 0) is 48.5 Å². The molecule has 2 atom stereocenters. The van der Waals surface area contributed by atoms with E-state index in [4.69, 9.17) is 0 Å². The Bertz CT molecular complexity index is 433. The monoisotopic (exact) mass is 270 g/mol. The molecule has 2 aliphatic rings. The van der Waals surface area contributed by atoms with Crippen molar-refractivity contribution in [3.05, 3.63) is 35.9 Å². The first-order chi connectivity index (χ1) is 9.55. The molecule has 0 heteroatoms. The fourth-order valence-electron chi connectivity index (χ4n) is 5.50. The van der Waals surface area contributed by atoms with Gasteiger partial charge in [0.15, 0.2) is 0 Å². The summed E-state index contributed by atoms with van der Waals surface area (Å²) in [4.78, 5) is 0. The van der Waals surface area contributed by atoms with Gasteiger partial charge in [0.05, 0.1) is 0 Å². The first kappa shape index (κ1) is 14.2. The summed E-state index contributed by atoms with van der Waals surface area (Å²) in [6.45, 7) is 7.40. The van der Waals surface area contributed by atoms with Crippen molar-refractivity contribution in [2.24, 2.45) is 17.3 Å². The molecule has 2 fully saturated rings. The molecule has 0 saturated heterocycles. The first-order valence-electron chi connectivity index (χ1n) is 8.61. The molecule has 2 unspecified atom stereocenters. The molecule has 0 aromatic heterocycles. The lowest BCUT2D eigenvalue weighted by atomic mass is 9.57. The maximum Gasteiger partial charge on any atom is 0.00144 e.